The third-order valence-corrected chi connectivity index (χ3v) is 1.44. The maximum atomic E-state index is 8.88. The number of hydrogen-bond donors (Lipinski definition) is 3. The number of allylic oxidation sites excluding steroid dienone is 2. The molecule has 0 heterocycles. The van der Waals surface area contributed by atoms with Crippen LogP contribution in [0.2, 0.25) is 0 Å². The summed E-state index contributed by atoms with van der Waals surface area (Å²) in [6, 6.07) is 0. The highest BCUT2D eigenvalue weighted by Gasteiger charge is 2.00. The van der Waals surface area contributed by atoms with Gasteiger partial charge in [0.2, 0.25) is 0 Å². The lowest BCUT2D eigenvalue weighted by Crippen LogP contribution is -1.82. The highest BCUT2D eigenvalue weighted by atomic mass is 35.5. The lowest BCUT2D eigenvalue weighted by atomic mass is 10.3. The molecule has 0 radical (unpaired) electrons. The molecular weight excluding hydrogens is 226 g/mol. The van der Waals surface area contributed by atoms with Crippen molar-refractivity contribution in [1.29, 1.82) is 0 Å². The molecule has 0 amide bonds. The summed E-state index contributed by atoms with van der Waals surface area (Å²) in [5.41, 5.74) is 1.09. The summed E-state index contributed by atoms with van der Waals surface area (Å²) in [6.07, 6.45) is 1.93. The molecule has 3 N–H and O–H groups in total. The Balaban J connectivity index is 0. The Labute approximate surface area is 81.1 Å². The Morgan fingerprint density at radius 3 is 1.58 bits per heavy atom. The fraction of sp³-hybridized carbons (Fsp3) is 0.600. The molecule has 4 nitrogen and oxygen atoms in total. The average molecular weight is 237 g/mol. The summed E-state index contributed by atoms with van der Waals surface area (Å²) < 4.78 is 8.88. The van der Waals surface area contributed by atoms with Crippen molar-refractivity contribution in [2.75, 3.05) is 11.8 Å². The predicted octanol–water partition coefficient (Wildman–Crippen LogP) is 1.48. The fourth-order valence-corrected chi connectivity index (χ4v) is 0.784. The van der Waals surface area contributed by atoms with Crippen molar-refractivity contribution in [3.63, 3.8) is 0 Å². The van der Waals surface area contributed by atoms with E-state index in [2.05, 4.69) is 0 Å². The molecule has 0 saturated heterocycles. The molecule has 12 heavy (non-hydrogen) atoms. The number of rotatable bonds is 2. The summed E-state index contributed by atoms with van der Waals surface area (Å²) in [5.74, 6) is 1.11. The maximum Gasteiger partial charge on any atom is 0.466 e. The minimum atomic E-state index is -4.64. The van der Waals surface area contributed by atoms with Crippen molar-refractivity contribution in [2.45, 2.75) is 6.92 Å². The van der Waals surface area contributed by atoms with Crippen molar-refractivity contribution in [3.8, 4) is 0 Å². The summed E-state index contributed by atoms with van der Waals surface area (Å²) >= 11 is 10.8. The van der Waals surface area contributed by atoms with Crippen molar-refractivity contribution in [2.24, 2.45) is 0 Å². The molecule has 0 fully saturated rings. The zero-order valence-corrected chi connectivity index (χ0v) is 8.85. The first-order valence-electron chi connectivity index (χ1n) is 2.89. The zero-order valence-electron chi connectivity index (χ0n) is 6.44. The zero-order chi connectivity index (χ0) is 10.2. The third-order valence-electron chi connectivity index (χ3n) is 0.752. The van der Waals surface area contributed by atoms with Crippen molar-refractivity contribution < 1.29 is 19.2 Å². The second kappa shape index (κ2) is 8.05. The third kappa shape index (κ3) is 22.4. The first-order valence-corrected chi connectivity index (χ1v) is 5.52. The molecule has 0 rings (SSSR count). The minimum absolute atomic E-state index is 0.556. The molecule has 0 unspecified atom stereocenters. The maximum absolute atomic E-state index is 8.88. The van der Waals surface area contributed by atoms with Gasteiger partial charge in [-0.2, -0.15) is 0 Å². The van der Waals surface area contributed by atoms with E-state index in [1.807, 2.05) is 13.0 Å². The van der Waals surface area contributed by atoms with Crippen LogP contribution in [0.3, 0.4) is 0 Å². The number of hydrogen-bond acceptors (Lipinski definition) is 1. The van der Waals surface area contributed by atoms with Gasteiger partial charge in [0.25, 0.3) is 0 Å². The molecule has 74 valence electrons. The monoisotopic (exact) mass is 236 g/mol. The molecule has 7 heteroatoms. The number of alkyl halides is 2. The summed E-state index contributed by atoms with van der Waals surface area (Å²) in [7, 11) is -4.64. The van der Waals surface area contributed by atoms with Crippen LogP contribution in [-0.4, -0.2) is 26.4 Å². The topological polar surface area (TPSA) is 77.8 Å². The Morgan fingerprint density at radius 1 is 1.33 bits per heavy atom. The van der Waals surface area contributed by atoms with Gasteiger partial charge in [-0.15, -0.1) is 23.2 Å². The predicted molar refractivity (Wildman–Crippen MR) is 49.5 cm³/mol. The highest BCUT2D eigenvalue weighted by molar-refractivity contribution is 7.45. The molecule has 0 saturated carbocycles. The molecule has 0 aromatic rings. The van der Waals surface area contributed by atoms with Gasteiger partial charge in [-0.05, 0) is 12.5 Å². The van der Waals surface area contributed by atoms with Crippen molar-refractivity contribution in [3.05, 3.63) is 11.6 Å². The van der Waals surface area contributed by atoms with Crippen LogP contribution in [0.1, 0.15) is 6.92 Å². The highest BCUT2D eigenvalue weighted by Crippen LogP contribution is 2.25. The van der Waals surface area contributed by atoms with Crippen LogP contribution in [0.5, 0.6) is 0 Å². The Morgan fingerprint density at radius 2 is 1.58 bits per heavy atom. The molecule has 0 atom stereocenters. The van der Waals surface area contributed by atoms with Crippen LogP contribution in [0.15, 0.2) is 11.6 Å². The standard InChI is InChI=1S/C5H8Cl2.H3O4P/c1-2-5(3-6)4-7;1-5(2,3)4/h2H,3-4H2,1H3;(H3,1,2,3,4). The quantitative estimate of drug-likeness (QED) is 0.386. The summed E-state index contributed by atoms with van der Waals surface area (Å²) in [5, 5.41) is 0. The minimum Gasteiger partial charge on any atom is -0.303 e. The van der Waals surface area contributed by atoms with Gasteiger partial charge in [0.05, 0.1) is 0 Å². The van der Waals surface area contributed by atoms with Gasteiger partial charge in [0, 0.05) is 11.8 Å². The van der Waals surface area contributed by atoms with E-state index in [1.165, 1.54) is 0 Å². The van der Waals surface area contributed by atoms with E-state index >= 15 is 0 Å². The van der Waals surface area contributed by atoms with Gasteiger partial charge < -0.3 is 14.7 Å². The van der Waals surface area contributed by atoms with E-state index in [4.69, 9.17) is 42.4 Å². The smallest absolute Gasteiger partial charge is 0.303 e. The van der Waals surface area contributed by atoms with E-state index in [9.17, 15) is 0 Å². The molecular formula is C5H11Cl2O4P. The van der Waals surface area contributed by atoms with E-state index in [0.717, 1.165) is 5.57 Å². The second-order valence-electron chi connectivity index (χ2n) is 1.73. The molecule has 0 aromatic carbocycles. The van der Waals surface area contributed by atoms with E-state index in [0.29, 0.717) is 11.8 Å². The molecule has 0 aromatic heterocycles. The van der Waals surface area contributed by atoms with Crippen LogP contribution in [0, 0.1) is 0 Å². The molecule has 0 aliphatic rings. The molecule has 0 spiro atoms. The average Bonchev–Trinajstić information content (AvgIpc) is 1.88. The largest absolute Gasteiger partial charge is 0.466 e. The summed E-state index contributed by atoms with van der Waals surface area (Å²) in [6.45, 7) is 1.93. The van der Waals surface area contributed by atoms with Gasteiger partial charge in [-0.1, -0.05) is 6.08 Å². The Bertz CT molecular complexity index is 162. The lowest BCUT2D eigenvalue weighted by molar-refractivity contribution is 0.275. The second-order valence-corrected chi connectivity index (χ2v) is 3.29. The van der Waals surface area contributed by atoms with Crippen LogP contribution in [-0.2, 0) is 4.57 Å². The van der Waals surface area contributed by atoms with Gasteiger partial charge in [0.1, 0.15) is 0 Å². The molecule has 0 aliphatic carbocycles. The van der Waals surface area contributed by atoms with Crippen LogP contribution < -0.4 is 0 Å². The normalized spacial score (nSPS) is 9.83. The van der Waals surface area contributed by atoms with Gasteiger partial charge in [0.15, 0.2) is 0 Å². The van der Waals surface area contributed by atoms with Crippen LogP contribution in [0.4, 0.5) is 0 Å². The van der Waals surface area contributed by atoms with Crippen LogP contribution in [0.25, 0.3) is 0 Å². The molecule has 0 aliphatic heterocycles. The first-order chi connectivity index (χ1) is 5.35. The van der Waals surface area contributed by atoms with Crippen molar-refractivity contribution >= 4 is 31.0 Å². The van der Waals surface area contributed by atoms with Gasteiger partial charge in [-0.3, -0.25) is 0 Å². The number of halogens is 2. The first kappa shape index (κ1) is 14.9. The number of phosphoric acid groups is 1. The Kier molecular flexibility index (Phi) is 10.0. The van der Waals surface area contributed by atoms with Crippen molar-refractivity contribution in [1.82, 2.24) is 0 Å². The van der Waals surface area contributed by atoms with E-state index in [-0.39, 0.29) is 0 Å². The summed E-state index contributed by atoms with van der Waals surface area (Å²) in [4.78, 5) is 21.6. The van der Waals surface area contributed by atoms with E-state index < -0.39 is 7.82 Å². The van der Waals surface area contributed by atoms with Crippen LogP contribution >= 0.6 is 31.0 Å². The molecule has 0 bridgehead atoms. The van der Waals surface area contributed by atoms with E-state index in [1.54, 1.807) is 0 Å². The Hall–Kier alpha value is 0.430. The lowest BCUT2D eigenvalue weighted by Gasteiger charge is -1.89. The SMILES string of the molecule is CC=C(CCl)CCl.O=P(O)(O)O. The fourth-order valence-electron chi connectivity index (χ4n) is 0.190. The van der Waals surface area contributed by atoms with Gasteiger partial charge in [-0.25, -0.2) is 4.57 Å². The van der Waals surface area contributed by atoms with Gasteiger partial charge >= 0.3 is 7.82 Å².